The van der Waals surface area contributed by atoms with Gasteiger partial charge in [-0.25, -0.2) is 0 Å². The molecule has 6 heavy (non-hydrogen) atoms. The van der Waals surface area contributed by atoms with Crippen LogP contribution in [0.1, 0.15) is 0 Å². The van der Waals surface area contributed by atoms with Crippen LogP contribution in [-0.4, -0.2) is 11.0 Å². The van der Waals surface area contributed by atoms with Gasteiger partial charge in [-0.3, -0.25) is 0 Å². The molecule has 0 bridgehead atoms. The third-order valence-corrected chi connectivity index (χ3v) is 0. The number of hydrogen-bond donors (Lipinski definition) is 0. The lowest BCUT2D eigenvalue weighted by molar-refractivity contribution is 0.823. The Morgan fingerprint density at radius 1 is 0.333 bits per heavy atom. The number of rotatable bonds is 0. The smallest absolute Gasteiger partial charge is 0.147 e. The van der Waals surface area contributed by atoms with Crippen LogP contribution in [0.3, 0.4) is 0 Å². The Morgan fingerprint density at radius 3 is 0.333 bits per heavy atom. The van der Waals surface area contributed by atoms with Gasteiger partial charge >= 0.3 is 0 Å². The molecule has 0 aliphatic carbocycles. The first-order chi connectivity index (χ1) is 0. The fourth-order valence-electron chi connectivity index (χ4n) is 0. The maximum Gasteiger partial charge on any atom is -0.147 e. The Kier molecular flexibility index (Phi) is 5030. The molecule has 2 nitrogen and oxygen atoms in total. The molecule has 48 valence electrons. The van der Waals surface area contributed by atoms with E-state index in [-0.39, 0.29) is 60.6 Å². The molecule has 0 rings (SSSR count). The molecule has 0 spiro atoms. The molecule has 6 heteroatoms. The van der Waals surface area contributed by atoms with E-state index in [1.807, 2.05) is 0 Å². The fourth-order valence-corrected chi connectivity index (χ4v) is 0. The largest absolute Gasteiger partial charge is 0.412 e. The molecule has 0 radical (unpaired) electrons. The van der Waals surface area contributed by atoms with Crippen molar-refractivity contribution in [3.8, 4) is 0 Å². The minimum Gasteiger partial charge on any atom is -0.412 e. The lowest BCUT2D eigenvalue weighted by Crippen LogP contribution is -0.290. The van der Waals surface area contributed by atoms with Crippen LogP contribution in [0.25, 0.3) is 0 Å². The maximum atomic E-state index is 0. The Hall–Kier alpha value is 1.08. The summed E-state index contributed by atoms with van der Waals surface area (Å²) >= 11 is 0. The van der Waals surface area contributed by atoms with Gasteiger partial charge in [-0.05, 0) is 0 Å². The van der Waals surface area contributed by atoms with Gasteiger partial charge in [-0.1, -0.05) is 0 Å². The summed E-state index contributed by atoms with van der Waals surface area (Å²) in [6.07, 6.45) is 0. The Bertz CT molecular complexity index is 5.51. The van der Waals surface area contributed by atoms with Crippen molar-refractivity contribution in [3.05, 3.63) is 0 Å². The van der Waals surface area contributed by atoms with Gasteiger partial charge in [0.1, 0.15) is 0 Å². The summed E-state index contributed by atoms with van der Waals surface area (Å²) in [4.78, 5) is 0. The van der Waals surface area contributed by atoms with E-state index in [0.717, 1.165) is 0 Å². The van der Waals surface area contributed by atoms with Crippen molar-refractivity contribution in [2.75, 3.05) is 0 Å². The van der Waals surface area contributed by atoms with Crippen molar-refractivity contribution >= 4 is 49.6 Å². The highest BCUT2D eigenvalue weighted by molar-refractivity contribution is 5.86. The Morgan fingerprint density at radius 2 is 0.333 bits per heavy atom. The minimum atomic E-state index is 0. The molecule has 0 aliphatic rings. The summed E-state index contributed by atoms with van der Waals surface area (Å²) in [5, 5.41) is 0. The van der Waals surface area contributed by atoms with E-state index in [4.69, 9.17) is 0 Å². The van der Waals surface area contributed by atoms with Gasteiger partial charge in [0.25, 0.3) is 0 Å². The monoisotopic (exact) mass is 180 g/mol. The average Bonchev–Trinajstić information content (AvgIpc) is 0. The summed E-state index contributed by atoms with van der Waals surface area (Å²) in [6, 6.07) is 0. The van der Waals surface area contributed by atoms with Crippen LogP contribution in [0.2, 0.25) is 0 Å². The lowest BCUT2D eigenvalue weighted by Gasteiger charge is -0.413. The van der Waals surface area contributed by atoms with Crippen LogP contribution in [0.4, 0.5) is 0 Å². The highest BCUT2D eigenvalue weighted by atomic mass is 35.5. The van der Waals surface area contributed by atoms with Gasteiger partial charge < -0.3 is 11.0 Å². The third kappa shape index (κ3) is 72.5. The molecule has 4 N–H and O–H groups in total. The van der Waals surface area contributed by atoms with Crippen LogP contribution >= 0.6 is 49.6 Å². The zero-order valence-corrected chi connectivity index (χ0v) is 5.90. The first kappa shape index (κ1) is 224. The van der Waals surface area contributed by atoms with Gasteiger partial charge in [0, 0.05) is 0 Å². The van der Waals surface area contributed by atoms with Crippen LogP contribution in [-0.2, 0) is 0 Å². The van der Waals surface area contributed by atoms with Crippen LogP contribution < -0.4 is 0 Å². The van der Waals surface area contributed by atoms with Crippen molar-refractivity contribution in [3.63, 3.8) is 0 Å². The first-order valence-electron chi connectivity index (χ1n) is 0. The highest BCUT2D eigenvalue weighted by Gasteiger charge is -0.144. The molecule has 0 heterocycles. The van der Waals surface area contributed by atoms with Gasteiger partial charge in [0.2, 0.25) is 0 Å². The zero-order chi connectivity index (χ0) is 0. The van der Waals surface area contributed by atoms with Crippen molar-refractivity contribution in [1.82, 2.24) is 0 Å². The van der Waals surface area contributed by atoms with Crippen molar-refractivity contribution in [1.29, 1.82) is 0 Å². The molecule has 0 fully saturated rings. The number of halogens is 4. The molecule has 0 saturated heterocycles. The van der Waals surface area contributed by atoms with E-state index in [1.54, 1.807) is 0 Å². The molecule has 0 aromatic rings. The predicted molar refractivity (Wildman–Crippen MR) is 36.2 cm³/mol. The lowest BCUT2D eigenvalue weighted by atomic mass is 16.0. The van der Waals surface area contributed by atoms with E-state index in [0.29, 0.717) is 0 Å². The summed E-state index contributed by atoms with van der Waals surface area (Å²) in [7, 11) is 0. The molecular formula is H8Cl4O2. The Labute approximate surface area is 60.9 Å². The second kappa shape index (κ2) is 135. The standard InChI is InChI=1S/4ClH.2H2O/h4*1H;2*1H2. The van der Waals surface area contributed by atoms with Gasteiger partial charge in [0.15, 0.2) is 0 Å². The van der Waals surface area contributed by atoms with Gasteiger partial charge in [-0.15, -0.1) is 49.6 Å². The van der Waals surface area contributed by atoms with Crippen molar-refractivity contribution in [2.45, 2.75) is 0 Å². The van der Waals surface area contributed by atoms with Crippen LogP contribution in [0, 0.1) is 0 Å². The van der Waals surface area contributed by atoms with E-state index in [9.17, 15) is 0 Å². The van der Waals surface area contributed by atoms with Gasteiger partial charge in [-0.2, -0.15) is 0 Å². The first-order valence-corrected chi connectivity index (χ1v) is 0. The molecule has 0 aliphatic heterocycles. The van der Waals surface area contributed by atoms with Crippen molar-refractivity contribution in [2.24, 2.45) is 0 Å². The molecule has 0 aromatic carbocycles. The summed E-state index contributed by atoms with van der Waals surface area (Å²) in [6.45, 7) is 0. The second-order valence-electron chi connectivity index (χ2n) is 0. The van der Waals surface area contributed by atoms with E-state index in [2.05, 4.69) is 0 Å². The summed E-state index contributed by atoms with van der Waals surface area (Å²) < 4.78 is 0. The predicted octanol–water partition coefficient (Wildman–Crippen LogP) is 0.0378. The average molecular weight is 182 g/mol. The molecule has 0 aromatic heterocycles. The normalized spacial score (nSPS) is 0. The SMILES string of the molecule is Cl.Cl.Cl.Cl.O.O. The molecule has 0 atom stereocenters. The van der Waals surface area contributed by atoms with Crippen molar-refractivity contribution < 1.29 is 11.0 Å². The Balaban J connectivity index is 0. The third-order valence-electron chi connectivity index (χ3n) is 0. The number of hydrogen-bond acceptors (Lipinski definition) is 0. The minimum absolute atomic E-state index is 0. The maximum absolute atomic E-state index is 0. The molecule has 0 unspecified atom stereocenters. The van der Waals surface area contributed by atoms with Gasteiger partial charge in [0.05, 0.1) is 0 Å². The van der Waals surface area contributed by atoms with E-state index < -0.39 is 0 Å². The zero-order valence-electron chi connectivity index (χ0n) is 2.63. The summed E-state index contributed by atoms with van der Waals surface area (Å²) in [5.41, 5.74) is 0. The molecule has 0 saturated carbocycles. The van der Waals surface area contributed by atoms with Crippen LogP contribution in [0.5, 0.6) is 0 Å². The second-order valence-corrected chi connectivity index (χ2v) is 0. The molecular weight excluding hydrogens is 174 g/mol. The van der Waals surface area contributed by atoms with E-state index in [1.165, 1.54) is 0 Å². The fraction of sp³-hybridized carbons (Fsp3) is 0. The topological polar surface area (TPSA) is 63.0 Å². The quantitative estimate of drug-likeness (QED) is 0.507. The van der Waals surface area contributed by atoms with Crippen LogP contribution in [0.15, 0.2) is 0 Å². The molecule has 0 amide bonds. The van der Waals surface area contributed by atoms with E-state index >= 15 is 0 Å². The highest BCUT2D eigenvalue weighted by Crippen LogP contribution is 0.693. The summed E-state index contributed by atoms with van der Waals surface area (Å²) in [5.74, 6) is 0.